The highest BCUT2D eigenvalue weighted by molar-refractivity contribution is 6.05. The molecule has 5 heteroatoms. The summed E-state index contributed by atoms with van der Waals surface area (Å²) in [5.41, 5.74) is 0.663. The van der Waals surface area contributed by atoms with Crippen LogP contribution in [-0.4, -0.2) is 21.7 Å². The fraction of sp³-hybridized carbons (Fsp3) is 0.286. The van der Waals surface area contributed by atoms with Crippen LogP contribution in [0, 0.1) is 5.92 Å². The standard InChI is InChI=1S/C21H23N3O2/c1-4-18(14(2)3)22-20(25)19-16-12-8-9-13-17(16)21(26)24(23-19)15-10-6-5-7-11-15/h5-14,18H,4H2,1-3H3,(H,22,25)/t18-/m1/s1. The molecule has 1 N–H and O–H groups in total. The first-order chi connectivity index (χ1) is 12.5. The number of nitrogens with zero attached hydrogens (tertiary/aromatic N) is 2. The Kier molecular flexibility index (Phi) is 5.16. The second-order valence-electron chi connectivity index (χ2n) is 6.68. The van der Waals surface area contributed by atoms with Crippen LogP contribution in [0.5, 0.6) is 0 Å². The molecule has 0 saturated heterocycles. The predicted molar refractivity (Wildman–Crippen MR) is 104 cm³/mol. The van der Waals surface area contributed by atoms with E-state index in [0.717, 1.165) is 6.42 Å². The van der Waals surface area contributed by atoms with Crippen LogP contribution in [0.3, 0.4) is 0 Å². The highest BCUT2D eigenvalue weighted by Crippen LogP contribution is 2.16. The van der Waals surface area contributed by atoms with Gasteiger partial charge in [-0.1, -0.05) is 57.2 Å². The lowest BCUT2D eigenvalue weighted by molar-refractivity contribution is 0.0919. The van der Waals surface area contributed by atoms with Crippen LogP contribution >= 0.6 is 0 Å². The Bertz CT molecular complexity index is 977. The number of amides is 1. The number of nitrogens with one attached hydrogen (secondary N) is 1. The van der Waals surface area contributed by atoms with Crippen LogP contribution in [0.4, 0.5) is 0 Å². The topological polar surface area (TPSA) is 64.0 Å². The minimum absolute atomic E-state index is 0.0557. The lowest BCUT2D eigenvalue weighted by Gasteiger charge is -2.21. The third-order valence-corrected chi connectivity index (χ3v) is 4.58. The molecule has 0 radical (unpaired) electrons. The first kappa shape index (κ1) is 17.9. The zero-order valence-electron chi connectivity index (χ0n) is 15.3. The molecule has 1 heterocycles. The van der Waals surface area contributed by atoms with Gasteiger partial charge in [-0.2, -0.15) is 9.78 Å². The van der Waals surface area contributed by atoms with Gasteiger partial charge in [-0.3, -0.25) is 9.59 Å². The number of para-hydroxylation sites is 1. The summed E-state index contributed by atoms with van der Waals surface area (Å²) in [5.74, 6) is 0.0571. The molecule has 1 amide bonds. The van der Waals surface area contributed by atoms with Crippen LogP contribution in [0.1, 0.15) is 37.7 Å². The SMILES string of the molecule is CC[C@@H](NC(=O)c1nn(-c2ccccc2)c(=O)c2ccccc12)C(C)C. The van der Waals surface area contributed by atoms with Crippen molar-refractivity contribution in [3.63, 3.8) is 0 Å². The molecule has 0 spiro atoms. The third kappa shape index (κ3) is 3.38. The maximum Gasteiger partial charge on any atom is 0.279 e. The van der Waals surface area contributed by atoms with Crippen LogP contribution in [0.25, 0.3) is 16.5 Å². The van der Waals surface area contributed by atoms with Crippen LogP contribution < -0.4 is 10.9 Å². The maximum atomic E-state index is 12.9. The highest BCUT2D eigenvalue weighted by Gasteiger charge is 2.21. The average molecular weight is 349 g/mol. The molecule has 2 aromatic carbocycles. The van der Waals surface area contributed by atoms with Gasteiger partial charge in [-0.05, 0) is 30.5 Å². The Labute approximate surface area is 152 Å². The molecule has 0 aliphatic heterocycles. The van der Waals surface area contributed by atoms with E-state index in [4.69, 9.17) is 0 Å². The number of carbonyl (C=O) groups is 1. The summed E-state index contributed by atoms with van der Waals surface area (Å²) in [7, 11) is 0. The van der Waals surface area contributed by atoms with E-state index in [1.807, 2.05) is 31.2 Å². The van der Waals surface area contributed by atoms with Crippen LogP contribution in [0.15, 0.2) is 59.4 Å². The summed E-state index contributed by atoms with van der Waals surface area (Å²) >= 11 is 0. The van der Waals surface area contributed by atoms with E-state index in [0.29, 0.717) is 22.4 Å². The number of aromatic nitrogens is 2. The quantitative estimate of drug-likeness (QED) is 0.766. The molecule has 0 aliphatic carbocycles. The number of rotatable bonds is 5. The Balaban J connectivity index is 2.17. The molecule has 1 atom stereocenters. The Morgan fingerprint density at radius 2 is 1.65 bits per heavy atom. The summed E-state index contributed by atoms with van der Waals surface area (Å²) in [6.07, 6.45) is 0.833. The van der Waals surface area contributed by atoms with Gasteiger partial charge >= 0.3 is 0 Å². The van der Waals surface area contributed by atoms with Gasteiger partial charge in [-0.25, -0.2) is 0 Å². The van der Waals surface area contributed by atoms with Crippen molar-refractivity contribution in [2.75, 3.05) is 0 Å². The van der Waals surface area contributed by atoms with E-state index in [1.165, 1.54) is 4.68 Å². The summed E-state index contributed by atoms with van der Waals surface area (Å²) < 4.78 is 1.30. The molecule has 0 aliphatic rings. The van der Waals surface area contributed by atoms with Gasteiger partial charge in [0.25, 0.3) is 11.5 Å². The number of carbonyl (C=O) groups excluding carboxylic acids is 1. The molecule has 1 aromatic heterocycles. The maximum absolute atomic E-state index is 12.9. The van der Waals surface area contributed by atoms with Gasteiger partial charge in [-0.15, -0.1) is 0 Å². The number of hydrogen-bond acceptors (Lipinski definition) is 3. The number of fused-ring (bicyclic) bond motifs is 1. The van der Waals surface area contributed by atoms with Gasteiger partial charge in [0.15, 0.2) is 5.69 Å². The largest absolute Gasteiger partial charge is 0.348 e. The van der Waals surface area contributed by atoms with E-state index in [2.05, 4.69) is 24.3 Å². The van der Waals surface area contributed by atoms with E-state index < -0.39 is 0 Å². The van der Waals surface area contributed by atoms with Gasteiger partial charge in [0.2, 0.25) is 0 Å². The molecule has 5 nitrogen and oxygen atoms in total. The fourth-order valence-corrected chi connectivity index (χ4v) is 3.08. The summed E-state index contributed by atoms with van der Waals surface area (Å²) in [6.45, 7) is 6.19. The molecule has 0 unspecified atom stereocenters. The average Bonchev–Trinajstić information content (AvgIpc) is 2.67. The Hall–Kier alpha value is -2.95. The molecule has 0 bridgehead atoms. The second kappa shape index (κ2) is 7.52. The molecule has 3 rings (SSSR count). The zero-order chi connectivity index (χ0) is 18.7. The first-order valence-electron chi connectivity index (χ1n) is 8.91. The first-order valence-corrected chi connectivity index (χ1v) is 8.91. The molecular formula is C21H23N3O2. The molecule has 26 heavy (non-hydrogen) atoms. The molecular weight excluding hydrogens is 326 g/mol. The Morgan fingerprint density at radius 1 is 1.04 bits per heavy atom. The Morgan fingerprint density at radius 3 is 2.27 bits per heavy atom. The normalized spacial score (nSPS) is 12.3. The van der Waals surface area contributed by atoms with Gasteiger partial charge in [0, 0.05) is 11.4 Å². The highest BCUT2D eigenvalue weighted by atomic mass is 16.2. The zero-order valence-corrected chi connectivity index (χ0v) is 15.3. The summed E-state index contributed by atoms with van der Waals surface area (Å²) in [6, 6.07) is 16.3. The predicted octanol–water partition coefficient (Wildman–Crippen LogP) is 3.55. The second-order valence-corrected chi connectivity index (χ2v) is 6.68. The van der Waals surface area contributed by atoms with Crippen LogP contribution in [-0.2, 0) is 0 Å². The van der Waals surface area contributed by atoms with Crippen molar-refractivity contribution < 1.29 is 4.79 Å². The van der Waals surface area contributed by atoms with Crippen molar-refractivity contribution in [2.24, 2.45) is 5.92 Å². The molecule has 3 aromatic rings. The van der Waals surface area contributed by atoms with E-state index in [-0.39, 0.29) is 23.2 Å². The van der Waals surface area contributed by atoms with E-state index in [1.54, 1.807) is 30.3 Å². The van der Waals surface area contributed by atoms with Crippen molar-refractivity contribution in [3.8, 4) is 5.69 Å². The van der Waals surface area contributed by atoms with Gasteiger partial charge in [0.05, 0.1) is 11.1 Å². The third-order valence-electron chi connectivity index (χ3n) is 4.58. The molecule has 0 saturated carbocycles. The fourth-order valence-electron chi connectivity index (χ4n) is 3.08. The van der Waals surface area contributed by atoms with Crippen molar-refractivity contribution in [3.05, 3.63) is 70.6 Å². The molecule has 0 fully saturated rings. The van der Waals surface area contributed by atoms with Gasteiger partial charge < -0.3 is 5.32 Å². The lowest BCUT2D eigenvalue weighted by atomic mass is 10.0. The van der Waals surface area contributed by atoms with Crippen molar-refractivity contribution in [1.82, 2.24) is 15.1 Å². The van der Waals surface area contributed by atoms with E-state index >= 15 is 0 Å². The molecule has 134 valence electrons. The van der Waals surface area contributed by atoms with Crippen molar-refractivity contribution in [2.45, 2.75) is 33.2 Å². The smallest absolute Gasteiger partial charge is 0.279 e. The minimum Gasteiger partial charge on any atom is -0.348 e. The van der Waals surface area contributed by atoms with E-state index in [9.17, 15) is 9.59 Å². The number of benzene rings is 2. The summed E-state index contributed by atoms with van der Waals surface area (Å²) in [5, 5.41) is 8.52. The monoisotopic (exact) mass is 349 g/mol. The van der Waals surface area contributed by atoms with Crippen LogP contribution in [0.2, 0.25) is 0 Å². The van der Waals surface area contributed by atoms with Gasteiger partial charge in [0.1, 0.15) is 0 Å². The minimum atomic E-state index is -0.258. The summed E-state index contributed by atoms with van der Waals surface area (Å²) in [4.78, 5) is 25.8. The van der Waals surface area contributed by atoms with Crippen molar-refractivity contribution in [1.29, 1.82) is 0 Å². The number of hydrogen-bond donors (Lipinski definition) is 1. The lowest BCUT2D eigenvalue weighted by Crippen LogP contribution is -2.39. The van der Waals surface area contributed by atoms with Crippen molar-refractivity contribution >= 4 is 16.7 Å².